The molecule has 1 saturated heterocycles. The van der Waals surface area contributed by atoms with Gasteiger partial charge >= 0.3 is 0 Å². The van der Waals surface area contributed by atoms with E-state index in [9.17, 15) is 8.42 Å². The number of piperazine rings is 1. The molecule has 25 heavy (non-hydrogen) atoms. The molecule has 7 heteroatoms. The molecule has 6 nitrogen and oxygen atoms in total. The Bertz CT molecular complexity index is 623. The van der Waals surface area contributed by atoms with Gasteiger partial charge in [-0.25, -0.2) is 13.1 Å². The molecule has 1 aliphatic rings. The first-order chi connectivity index (χ1) is 11.8. The molecular weight excluding hydrogens is 336 g/mol. The Labute approximate surface area is 152 Å². The molecule has 0 saturated carbocycles. The van der Waals surface area contributed by atoms with Crippen LogP contribution in [0, 0.1) is 0 Å². The standard InChI is InChI=1S/C18H32N4O2S/c1-5-14-25(23,24)19-15-18(22-12-10-21(4)11-13-22)16-6-8-17(9-7-16)20(2)3/h6-9,18-19H,5,10-15H2,1-4H3/t18-/m1/s1. The van der Waals surface area contributed by atoms with Crippen molar-refractivity contribution in [2.24, 2.45) is 0 Å². The van der Waals surface area contributed by atoms with Gasteiger partial charge in [-0.1, -0.05) is 19.1 Å². The van der Waals surface area contributed by atoms with Crippen molar-refractivity contribution in [1.29, 1.82) is 0 Å². The van der Waals surface area contributed by atoms with Crippen LogP contribution in [0.4, 0.5) is 5.69 Å². The summed E-state index contributed by atoms with van der Waals surface area (Å²) in [4.78, 5) is 6.77. The SMILES string of the molecule is CCCS(=O)(=O)NC[C@H](c1ccc(N(C)C)cc1)N1CCN(C)CC1. The summed E-state index contributed by atoms with van der Waals surface area (Å²) in [6.45, 7) is 6.23. The number of hydrogen-bond acceptors (Lipinski definition) is 5. The van der Waals surface area contributed by atoms with Crippen LogP contribution in [0.15, 0.2) is 24.3 Å². The van der Waals surface area contributed by atoms with Gasteiger partial charge in [0, 0.05) is 58.5 Å². The Balaban J connectivity index is 2.16. The van der Waals surface area contributed by atoms with E-state index < -0.39 is 10.0 Å². The van der Waals surface area contributed by atoms with Crippen LogP contribution in [0.5, 0.6) is 0 Å². The van der Waals surface area contributed by atoms with E-state index in [-0.39, 0.29) is 11.8 Å². The van der Waals surface area contributed by atoms with Crippen LogP contribution in [0.1, 0.15) is 24.9 Å². The average Bonchev–Trinajstić information content (AvgIpc) is 2.57. The molecule has 0 radical (unpaired) electrons. The summed E-state index contributed by atoms with van der Waals surface area (Å²) in [7, 11) is 2.97. The van der Waals surface area contributed by atoms with Crippen LogP contribution in [0.2, 0.25) is 0 Å². The summed E-state index contributed by atoms with van der Waals surface area (Å²) < 4.78 is 27.0. The first kappa shape index (κ1) is 20.2. The zero-order valence-electron chi connectivity index (χ0n) is 15.9. The van der Waals surface area contributed by atoms with Crippen molar-refractivity contribution >= 4 is 15.7 Å². The third-order valence-electron chi connectivity index (χ3n) is 4.74. The molecule has 0 aliphatic carbocycles. The second kappa shape index (κ2) is 8.98. The molecule has 1 aliphatic heterocycles. The second-order valence-corrected chi connectivity index (χ2v) is 8.93. The van der Waals surface area contributed by atoms with E-state index in [1.807, 2.05) is 21.0 Å². The Morgan fingerprint density at radius 3 is 2.24 bits per heavy atom. The van der Waals surface area contributed by atoms with Crippen molar-refractivity contribution in [1.82, 2.24) is 14.5 Å². The Hall–Kier alpha value is -1.15. The second-order valence-electron chi connectivity index (χ2n) is 7.01. The molecule has 1 aromatic carbocycles. The molecule has 2 rings (SSSR count). The fraction of sp³-hybridized carbons (Fsp3) is 0.667. The van der Waals surface area contributed by atoms with E-state index in [1.165, 1.54) is 0 Å². The largest absolute Gasteiger partial charge is 0.378 e. The van der Waals surface area contributed by atoms with Gasteiger partial charge in [0.25, 0.3) is 0 Å². The maximum Gasteiger partial charge on any atom is 0.211 e. The summed E-state index contributed by atoms with van der Waals surface area (Å²) in [5.41, 5.74) is 2.31. The van der Waals surface area contributed by atoms with Crippen LogP contribution >= 0.6 is 0 Å². The van der Waals surface area contributed by atoms with Crippen LogP contribution in [-0.2, 0) is 10.0 Å². The van der Waals surface area contributed by atoms with Gasteiger partial charge in [-0.3, -0.25) is 4.90 Å². The third kappa shape index (κ3) is 5.95. The van der Waals surface area contributed by atoms with Gasteiger partial charge in [0.1, 0.15) is 0 Å². The Morgan fingerprint density at radius 2 is 1.72 bits per heavy atom. The number of nitrogens with zero attached hydrogens (tertiary/aromatic N) is 3. The maximum atomic E-state index is 12.1. The molecule has 0 bridgehead atoms. The fourth-order valence-corrected chi connectivity index (χ4v) is 4.23. The lowest BCUT2D eigenvalue weighted by molar-refractivity contribution is 0.113. The van der Waals surface area contributed by atoms with Gasteiger partial charge in [-0.15, -0.1) is 0 Å². The number of hydrogen-bond donors (Lipinski definition) is 1. The normalized spacial score (nSPS) is 18.2. The van der Waals surface area contributed by atoms with Crippen molar-refractivity contribution in [3.63, 3.8) is 0 Å². The monoisotopic (exact) mass is 368 g/mol. The predicted molar refractivity (Wildman–Crippen MR) is 105 cm³/mol. The van der Waals surface area contributed by atoms with Crippen molar-refractivity contribution in [2.75, 3.05) is 64.5 Å². The smallest absolute Gasteiger partial charge is 0.211 e. The van der Waals surface area contributed by atoms with Crippen LogP contribution in [-0.4, -0.2) is 77.8 Å². The van der Waals surface area contributed by atoms with Gasteiger partial charge in [0.05, 0.1) is 5.75 Å². The molecule has 1 fully saturated rings. The minimum absolute atomic E-state index is 0.0662. The first-order valence-corrected chi connectivity index (χ1v) is 10.6. The summed E-state index contributed by atoms with van der Waals surface area (Å²) in [5.74, 6) is 0.183. The molecule has 1 atom stereocenters. The van der Waals surface area contributed by atoms with Crippen LogP contribution in [0.3, 0.4) is 0 Å². The molecule has 1 N–H and O–H groups in total. The number of rotatable bonds is 8. The number of benzene rings is 1. The predicted octanol–water partition coefficient (Wildman–Crippen LogP) is 1.37. The highest BCUT2D eigenvalue weighted by atomic mass is 32.2. The summed E-state index contributed by atoms with van der Waals surface area (Å²) in [6.07, 6.45) is 0.631. The Kier molecular flexibility index (Phi) is 7.25. The number of likely N-dealkylation sites (N-methyl/N-ethyl adjacent to an activating group) is 1. The van der Waals surface area contributed by atoms with Crippen molar-refractivity contribution in [3.8, 4) is 0 Å². The van der Waals surface area contributed by atoms with Gasteiger partial charge in [-0.2, -0.15) is 0 Å². The molecule has 0 aromatic heterocycles. The number of anilines is 1. The topological polar surface area (TPSA) is 55.9 Å². The minimum Gasteiger partial charge on any atom is -0.378 e. The molecule has 1 heterocycles. The third-order valence-corrected chi connectivity index (χ3v) is 6.29. The van der Waals surface area contributed by atoms with Crippen LogP contribution in [0.25, 0.3) is 0 Å². The molecule has 142 valence electrons. The van der Waals surface area contributed by atoms with E-state index in [1.54, 1.807) is 0 Å². The molecule has 0 spiro atoms. The van der Waals surface area contributed by atoms with E-state index in [2.05, 4.69) is 50.7 Å². The minimum atomic E-state index is -3.20. The highest BCUT2D eigenvalue weighted by molar-refractivity contribution is 7.89. The van der Waals surface area contributed by atoms with Crippen molar-refractivity contribution in [2.45, 2.75) is 19.4 Å². The number of sulfonamides is 1. The van der Waals surface area contributed by atoms with Gasteiger partial charge in [0.2, 0.25) is 10.0 Å². The van der Waals surface area contributed by atoms with Gasteiger partial charge in [0.15, 0.2) is 0 Å². The van der Waals surface area contributed by atoms with Crippen molar-refractivity contribution in [3.05, 3.63) is 29.8 Å². The molecule has 0 unspecified atom stereocenters. The maximum absolute atomic E-state index is 12.1. The molecular formula is C18H32N4O2S. The Morgan fingerprint density at radius 1 is 1.12 bits per heavy atom. The van der Waals surface area contributed by atoms with Gasteiger partial charge in [-0.05, 0) is 31.2 Å². The van der Waals surface area contributed by atoms with Crippen LogP contribution < -0.4 is 9.62 Å². The quantitative estimate of drug-likeness (QED) is 0.751. The number of nitrogens with one attached hydrogen (secondary N) is 1. The molecule has 1 aromatic rings. The van der Waals surface area contributed by atoms with E-state index in [0.29, 0.717) is 13.0 Å². The highest BCUT2D eigenvalue weighted by Gasteiger charge is 2.25. The van der Waals surface area contributed by atoms with E-state index in [0.717, 1.165) is 37.4 Å². The zero-order chi connectivity index (χ0) is 18.4. The van der Waals surface area contributed by atoms with E-state index >= 15 is 0 Å². The highest BCUT2D eigenvalue weighted by Crippen LogP contribution is 2.24. The first-order valence-electron chi connectivity index (χ1n) is 8.99. The fourth-order valence-electron chi connectivity index (χ4n) is 3.13. The zero-order valence-corrected chi connectivity index (χ0v) is 16.7. The van der Waals surface area contributed by atoms with Gasteiger partial charge < -0.3 is 9.80 Å². The summed E-state index contributed by atoms with van der Waals surface area (Å²) in [5, 5.41) is 0. The lowest BCUT2D eigenvalue weighted by atomic mass is 10.0. The average molecular weight is 369 g/mol. The lowest BCUT2D eigenvalue weighted by Gasteiger charge is -2.38. The van der Waals surface area contributed by atoms with E-state index in [4.69, 9.17) is 0 Å². The lowest BCUT2D eigenvalue weighted by Crippen LogP contribution is -2.48. The molecule has 0 amide bonds. The summed E-state index contributed by atoms with van der Waals surface area (Å²) >= 11 is 0. The summed E-state index contributed by atoms with van der Waals surface area (Å²) in [6, 6.07) is 8.49. The van der Waals surface area contributed by atoms with Crippen molar-refractivity contribution < 1.29 is 8.42 Å².